The molecule has 2 aromatic carbocycles. The lowest BCUT2D eigenvalue weighted by atomic mass is 10.1. The van der Waals surface area contributed by atoms with Crippen LogP contribution < -0.4 is 9.46 Å². The van der Waals surface area contributed by atoms with Gasteiger partial charge in [0.2, 0.25) is 0 Å². The maximum absolute atomic E-state index is 12.0. The Hall–Kier alpha value is -2.63. The molecule has 0 bridgehead atoms. The first-order chi connectivity index (χ1) is 15.6. The van der Waals surface area contributed by atoms with E-state index < -0.39 is 24.0 Å². The van der Waals surface area contributed by atoms with Gasteiger partial charge in [-0.3, -0.25) is 4.72 Å². The molecule has 1 atom stereocenters. The van der Waals surface area contributed by atoms with E-state index >= 15 is 0 Å². The molecular weight excluding hydrogens is 470 g/mol. The van der Waals surface area contributed by atoms with Gasteiger partial charge in [-0.25, -0.2) is 13.2 Å². The van der Waals surface area contributed by atoms with E-state index in [1.807, 2.05) is 35.9 Å². The number of carbonyl (C=O) groups is 1. The topological polar surface area (TPSA) is 125 Å². The highest BCUT2D eigenvalue weighted by atomic mass is 33.2. The quantitative estimate of drug-likeness (QED) is 0.329. The summed E-state index contributed by atoms with van der Waals surface area (Å²) in [6, 6.07) is 13.7. The average Bonchev–Trinajstić information content (AvgIpc) is 2.75. The molecule has 0 spiro atoms. The predicted molar refractivity (Wildman–Crippen MR) is 125 cm³/mol. The van der Waals surface area contributed by atoms with Crippen LogP contribution in [0.3, 0.4) is 0 Å². The summed E-state index contributed by atoms with van der Waals surface area (Å²) in [6.07, 6.45) is 0.954. The highest BCUT2D eigenvalue weighted by Gasteiger charge is 2.24. The lowest BCUT2D eigenvalue weighted by molar-refractivity contribution is -0.156. The van der Waals surface area contributed by atoms with Crippen molar-refractivity contribution in [2.24, 2.45) is 0 Å². The summed E-state index contributed by atoms with van der Waals surface area (Å²) in [5, 5.41) is 0. The SMILES string of the molecule is CCOC(=O)[C@H](Cc1ccc(OCCc2ccc(NS(=O)(=O)S(C)(=O)=O)cc2)cc1)OCC. The van der Waals surface area contributed by atoms with Crippen molar-refractivity contribution >= 4 is 29.6 Å². The van der Waals surface area contributed by atoms with Gasteiger partial charge in [0.15, 0.2) is 6.10 Å². The summed E-state index contributed by atoms with van der Waals surface area (Å²) in [7, 11) is -8.74. The number of esters is 1. The fraction of sp³-hybridized carbons (Fsp3) is 0.409. The van der Waals surface area contributed by atoms with Crippen LogP contribution in [0, 0.1) is 0 Å². The van der Waals surface area contributed by atoms with Crippen LogP contribution in [-0.4, -0.2) is 55.0 Å². The molecule has 1 N–H and O–H groups in total. The maximum atomic E-state index is 12.0. The Morgan fingerprint density at radius 2 is 1.52 bits per heavy atom. The monoisotopic (exact) mass is 499 g/mol. The molecule has 9 nitrogen and oxygen atoms in total. The summed E-state index contributed by atoms with van der Waals surface area (Å²) < 4.78 is 64.2. The summed E-state index contributed by atoms with van der Waals surface area (Å²) in [4.78, 5) is 12.0. The van der Waals surface area contributed by atoms with Crippen molar-refractivity contribution in [3.8, 4) is 5.75 Å². The minimum absolute atomic E-state index is 0.161. The molecule has 0 aromatic heterocycles. The minimum atomic E-state index is -4.48. The first-order valence-corrected chi connectivity index (χ1v) is 14.3. The largest absolute Gasteiger partial charge is 0.493 e. The van der Waals surface area contributed by atoms with E-state index in [-0.39, 0.29) is 11.7 Å². The predicted octanol–water partition coefficient (Wildman–Crippen LogP) is 2.52. The lowest BCUT2D eigenvalue weighted by Crippen LogP contribution is -2.28. The Morgan fingerprint density at radius 3 is 2.06 bits per heavy atom. The summed E-state index contributed by atoms with van der Waals surface area (Å²) in [6.45, 7) is 4.67. The summed E-state index contributed by atoms with van der Waals surface area (Å²) in [5.74, 6) is 0.287. The van der Waals surface area contributed by atoms with Gasteiger partial charge in [-0.15, -0.1) is 0 Å². The molecule has 0 radical (unpaired) electrons. The van der Waals surface area contributed by atoms with Crippen molar-refractivity contribution < 1.29 is 35.8 Å². The third-order valence-electron chi connectivity index (χ3n) is 4.52. The molecule has 2 rings (SSSR count). The van der Waals surface area contributed by atoms with Gasteiger partial charge in [0.1, 0.15) is 5.75 Å². The maximum Gasteiger partial charge on any atom is 0.338 e. The third-order valence-corrected chi connectivity index (χ3v) is 8.44. The normalized spacial score (nSPS) is 12.7. The van der Waals surface area contributed by atoms with E-state index in [9.17, 15) is 21.6 Å². The van der Waals surface area contributed by atoms with Crippen LogP contribution >= 0.6 is 0 Å². The zero-order chi connectivity index (χ0) is 24.5. The van der Waals surface area contributed by atoms with Crippen molar-refractivity contribution in [3.63, 3.8) is 0 Å². The molecule has 0 amide bonds. The lowest BCUT2D eigenvalue weighted by Gasteiger charge is -2.15. The van der Waals surface area contributed by atoms with Gasteiger partial charge in [-0.05, 0) is 49.2 Å². The van der Waals surface area contributed by atoms with Crippen LogP contribution in [0.1, 0.15) is 25.0 Å². The fourth-order valence-corrected chi connectivity index (χ4v) is 4.15. The second-order valence-corrected chi connectivity index (χ2v) is 12.8. The van der Waals surface area contributed by atoms with Crippen molar-refractivity contribution in [1.82, 2.24) is 0 Å². The Bertz CT molecular complexity index is 1110. The molecule has 2 aromatic rings. The minimum Gasteiger partial charge on any atom is -0.493 e. The van der Waals surface area contributed by atoms with E-state index in [2.05, 4.69) is 0 Å². The molecule has 0 aliphatic carbocycles. The zero-order valence-electron chi connectivity index (χ0n) is 18.8. The molecule has 11 heteroatoms. The number of hydrogen-bond acceptors (Lipinski definition) is 8. The van der Waals surface area contributed by atoms with Crippen LogP contribution in [0.4, 0.5) is 5.69 Å². The Labute approximate surface area is 194 Å². The van der Waals surface area contributed by atoms with Crippen molar-refractivity contribution in [2.75, 3.05) is 30.8 Å². The Morgan fingerprint density at radius 1 is 0.909 bits per heavy atom. The molecule has 182 valence electrons. The van der Waals surface area contributed by atoms with Gasteiger partial charge in [-0.2, -0.15) is 8.42 Å². The Balaban J connectivity index is 1.86. The molecule has 0 aliphatic heterocycles. The van der Waals surface area contributed by atoms with Crippen LogP contribution in [0.5, 0.6) is 5.75 Å². The van der Waals surface area contributed by atoms with Crippen LogP contribution in [-0.2, 0) is 45.0 Å². The second kappa shape index (κ2) is 12.0. The fourth-order valence-electron chi connectivity index (χ4n) is 2.83. The van der Waals surface area contributed by atoms with E-state index in [0.717, 1.165) is 11.1 Å². The van der Waals surface area contributed by atoms with Crippen molar-refractivity contribution in [2.45, 2.75) is 32.8 Å². The second-order valence-electron chi connectivity index (χ2n) is 7.10. The number of anilines is 1. The van der Waals surface area contributed by atoms with Crippen LogP contribution in [0.25, 0.3) is 0 Å². The van der Waals surface area contributed by atoms with E-state index in [1.165, 1.54) is 12.1 Å². The van der Waals surface area contributed by atoms with Crippen molar-refractivity contribution in [1.29, 1.82) is 0 Å². The van der Waals surface area contributed by atoms with Gasteiger partial charge >= 0.3 is 15.0 Å². The standard InChI is InChI=1S/C22H29NO8S2/c1-4-29-21(22(24)30-5-2)16-18-8-12-20(13-9-18)31-15-14-17-6-10-19(11-7-17)23-33(27,28)32(3,25)26/h6-13,21,23H,4-5,14-16H2,1-3H3/t21-/m0/s1. The summed E-state index contributed by atoms with van der Waals surface area (Å²) in [5.41, 5.74) is 1.97. The number of benzene rings is 2. The molecule has 0 saturated carbocycles. The van der Waals surface area contributed by atoms with Crippen LogP contribution in [0.15, 0.2) is 48.5 Å². The highest BCUT2D eigenvalue weighted by molar-refractivity contribution is 8.67. The molecule has 0 heterocycles. The molecule has 0 saturated heterocycles. The Kier molecular flexibility index (Phi) is 9.69. The van der Waals surface area contributed by atoms with Gasteiger partial charge in [0.05, 0.1) is 19.5 Å². The number of hydrogen-bond donors (Lipinski definition) is 1. The average molecular weight is 500 g/mol. The van der Waals surface area contributed by atoms with E-state index in [0.29, 0.717) is 44.7 Å². The third kappa shape index (κ3) is 8.34. The molecule has 33 heavy (non-hydrogen) atoms. The molecular formula is C22H29NO8S2. The number of ether oxygens (including phenoxy) is 3. The van der Waals surface area contributed by atoms with Crippen LogP contribution in [0.2, 0.25) is 0 Å². The first kappa shape index (κ1) is 26.6. The van der Waals surface area contributed by atoms with Gasteiger partial charge < -0.3 is 14.2 Å². The van der Waals surface area contributed by atoms with Crippen molar-refractivity contribution in [3.05, 3.63) is 59.7 Å². The smallest absolute Gasteiger partial charge is 0.338 e. The van der Waals surface area contributed by atoms with Gasteiger partial charge in [0, 0.05) is 25.1 Å². The highest BCUT2D eigenvalue weighted by Crippen LogP contribution is 2.17. The molecule has 0 fully saturated rings. The van der Waals surface area contributed by atoms with E-state index in [4.69, 9.17) is 14.2 Å². The van der Waals surface area contributed by atoms with E-state index in [1.54, 1.807) is 19.1 Å². The van der Waals surface area contributed by atoms with Gasteiger partial charge in [0.25, 0.3) is 8.87 Å². The van der Waals surface area contributed by atoms with Gasteiger partial charge in [-0.1, -0.05) is 24.3 Å². The number of nitrogens with one attached hydrogen (secondary N) is 1. The number of carbonyl (C=O) groups excluding carboxylic acids is 1. The molecule has 0 aliphatic rings. The molecule has 0 unspecified atom stereocenters. The number of rotatable bonds is 13. The first-order valence-electron chi connectivity index (χ1n) is 10.4. The zero-order valence-corrected chi connectivity index (χ0v) is 20.4. The summed E-state index contributed by atoms with van der Waals surface area (Å²) >= 11 is 0.